The maximum atomic E-state index is 13.6. The van der Waals surface area contributed by atoms with Crippen LogP contribution >= 0.6 is 11.8 Å². The zero-order chi connectivity index (χ0) is 22.0. The van der Waals surface area contributed by atoms with Crippen LogP contribution in [-0.2, 0) is 25.6 Å². The number of benzene rings is 1. The summed E-state index contributed by atoms with van der Waals surface area (Å²) in [6.45, 7) is 5.15. The van der Waals surface area contributed by atoms with Crippen molar-refractivity contribution in [3.05, 3.63) is 35.4 Å². The van der Waals surface area contributed by atoms with Gasteiger partial charge in [0.1, 0.15) is 0 Å². The van der Waals surface area contributed by atoms with Crippen molar-refractivity contribution in [2.24, 2.45) is 17.8 Å². The number of rotatable bonds is 5. The van der Waals surface area contributed by atoms with E-state index < -0.39 is 29.1 Å². The van der Waals surface area contributed by atoms with E-state index >= 15 is 0 Å². The van der Waals surface area contributed by atoms with Crippen LogP contribution < -0.4 is 5.32 Å². The highest BCUT2D eigenvalue weighted by Crippen LogP contribution is 2.45. The van der Waals surface area contributed by atoms with E-state index in [-0.39, 0.29) is 28.6 Å². The Morgan fingerprint density at radius 1 is 1.17 bits per heavy atom. The lowest BCUT2D eigenvalue weighted by atomic mass is 9.67. The van der Waals surface area contributed by atoms with Gasteiger partial charge in [-0.2, -0.15) is 0 Å². The first-order valence-electron chi connectivity index (χ1n) is 10.5. The van der Waals surface area contributed by atoms with Crippen molar-refractivity contribution in [2.45, 2.75) is 63.7 Å². The molecule has 1 aromatic carbocycles. The highest BCUT2D eigenvalue weighted by atomic mass is 32.2. The largest absolute Gasteiger partial charge is 0.481 e. The second-order valence-corrected chi connectivity index (χ2v) is 9.97. The van der Waals surface area contributed by atoms with Gasteiger partial charge in [0.05, 0.1) is 17.2 Å². The fourth-order valence-corrected chi connectivity index (χ4v) is 5.71. The molecule has 1 fully saturated rings. The summed E-state index contributed by atoms with van der Waals surface area (Å²) in [5.74, 6) is -3.11. The number of thioether (sulfide) groups is 1. The Hall–Kier alpha value is -2.15. The van der Waals surface area contributed by atoms with Crippen LogP contribution in [0.25, 0.3) is 0 Å². The molecule has 0 saturated heterocycles. The molecule has 0 aromatic heterocycles. The first kappa shape index (κ1) is 22.5. The Morgan fingerprint density at radius 2 is 1.87 bits per heavy atom. The summed E-state index contributed by atoms with van der Waals surface area (Å²) in [5, 5.41) is 11.9. The molecule has 2 N–H and O–H groups in total. The molecule has 2 aliphatic carbocycles. The van der Waals surface area contributed by atoms with Crippen molar-refractivity contribution in [1.82, 2.24) is 5.32 Å². The van der Waals surface area contributed by atoms with Gasteiger partial charge in [0.2, 0.25) is 5.91 Å². The van der Waals surface area contributed by atoms with E-state index in [1.165, 1.54) is 6.92 Å². The van der Waals surface area contributed by atoms with Crippen LogP contribution in [0.1, 0.15) is 57.1 Å². The molecule has 2 aliphatic rings. The first-order chi connectivity index (χ1) is 14.2. The quantitative estimate of drug-likeness (QED) is 0.743. The summed E-state index contributed by atoms with van der Waals surface area (Å²) >= 11 is 0.968. The third-order valence-electron chi connectivity index (χ3n) is 6.24. The van der Waals surface area contributed by atoms with Crippen molar-refractivity contribution >= 4 is 34.5 Å². The van der Waals surface area contributed by atoms with Gasteiger partial charge in [-0.25, -0.2) is 0 Å². The fourth-order valence-electron chi connectivity index (χ4n) is 4.90. The summed E-state index contributed by atoms with van der Waals surface area (Å²) < 4.78 is 0. The molecule has 6 nitrogen and oxygen atoms in total. The smallest absolute Gasteiger partial charge is 0.307 e. The van der Waals surface area contributed by atoms with Crippen LogP contribution in [-0.4, -0.2) is 39.2 Å². The van der Waals surface area contributed by atoms with Gasteiger partial charge in [0.15, 0.2) is 10.9 Å². The Morgan fingerprint density at radius 3 is 2.50 bits per heavy atom. The molecule has 0 radical (unpaired) electrons. The zero-order valence-electron chi connectivity index (χ0n) is 17.6. The normalized spacial score (nSPS) is 26.9. The van der Waals surface area contributed by atoms with Crippen molar-refractivity contribution in [3.63, 3.8) is 0 Å². The minimum Gasteiger partial charge on any atom is -0.481 e. The maximum absolute atomic E-state index is 13.6. The average molecular weight is 432 g/mol. The van der Waals surface area contributed by atoms with E-state index in [0.29, 0.717) is 12.8 Å². The van der Waals surface area contributed by atoms with Gasteiger partial charge in [0, 0.05) is 19.3 Å². The van der Waals surface area contributed by atoms with Gasteiger partial charge in [0.25, 0.3) is 0 Å². The van der Waals surface area contributed by atoms with Gasteiger partial charge in [-0.1, -0.05) is 56.3 Å². The molecule has 0 bridgehead atoms. The van der Waals surface area contributed by atoms with Crippen LogP contribution in [0.4, 0.5) is 0 Å². The molecule has 0 spiro atoms. The minimum atomic E-state index is -0.949. The molecule has 162 valence electrons. The minimum absolute atomic E-state index is 0.0822. The van der Waals surface area contributed by atoms with Crippen molar-refractivity contribution in [2.75, 3.05) is 0 Å². The molecular formula is C23H29NO5S. The van der Waals surface area contributed by atoms with E-state index in [1.807, 2.05) is 38.1 Å². The maximum Gasteiger partial charge on any atom is 0.307 e. The molecule has 3 rings (SSSR count). The molecule has 0 aliphatic heterocycles. The molecule has 2 unspecified atom stereocenters. The van der Waals surface area contributed by atoms with Gasteiger partial charge in [-0.15, -0.1) is 0 Å². The molecular weight excluding hydrogens is 402 g/mol. The van der Waals surface area contributed by atoms with E-state index in [2.05, 4.69) is 5.32 Å². The van der Waals surface area contributed by atoms with Crippen molar-refractivity contribution < 1.29 is 24.3 Å². The van der Waals surface area contributed by atoms with E-state index in [4.69, 9.17) is 0 Å². The Labute approximate surface area is 181 Å². The molecule has 30 heavy (non-hydrogen) atoms. The number of nitrogens with one attached hydrogen (secondary N) is 1. The van der Waals surface area contributed by atoms with Crippen LogP contribution in [0.15, 0.2) is 24.3 Å². The van der Waals surface area contributed by atoms with Crippen LogP contribution in [0.2, 0.25) is 0 Å². The molecule has 1 amide bonds. The topological polar surface area (TPSA) is 101 Å². The lowest BCUT2D eigenvalue weighted by Crippen LogP contribution is -2.51. The first-order valence-corrected chi connectivity index (χ1v) is 11.4. The Balaban J connectivity index is 1.95. The SMILES string of the molecule is CC(=O)S[C@H](C(=O)N[C@H]1Cc2ccccc2C2CCC[C@@H](C(=O)O)C2C1=O)C(C)C. The number of carboxylic acid groups (broad SMARTS) is 1. The summed E-state index contributed by atoms with van der Waals surface area (Å²) in [4.78, 5) is 50.1. The molecule has 7 heteroatoms. The average Bonchev–Trinajstić information content (AvgIpc) is 2.81. The summed E-state index contributed by atoms with van der Waals surface area (Å²) in [6, 6.07) is 6.97. The van der Waals surface area contributed by atoms with Crippen LogP contribution in [0.5, 0.6) is 0 Å². The van der Waals surface area contributed by atoms with Crippen molar-refractivity contribution in [1.29, 1.82) is 0 Å². The molecule has 0 heterocycles. The van der Waals surface area contributed by atoms with Gasteiger partial charge >= 0.3 is 5.97 Å². The highest BCUT2D eigenvalue weighted by molar-refractivity contribution is 8.14. The predicted molar refractivity (Wildman–Crippen MR) is 115 cm³/mol. The fraction of sp³-hybridized carbons (Fsp3) is 0.565. The van der Waals surface area contributed by atoms with E-state index in [9.17, 15) is 24.3 Å². The summed E-state index contributed by atoms with van der Waals surface area (Å²) in [5.41, 5.74) is 2.01. The lowest BCUT2D eigenvalue weighted by Gasteiger charge is -2.35. The van der Waals surface area contributed by atoms with E-state index in [0.717, 1.165) is 35.7 Å². The molecule has 5 atom stereocenters. The van der Waals surface area contributed by atoms with Crippen molar-refractivity contribution in [3.8, 4) is 0 Å². The number of hydrogen-bond acceptors (Lipinski definition) is 5. The predicted octanol–water partition coefficient (Wildman–Crippen LogP) is 3.19. The van der Waals surface area contributed by atoms with Gasteiger partial charge in [-0.3, -0.25) is 19.2 Å². The molecule has 1 saturated carbocycles. The Bertz CT molecular complexity index is 852. The van der Waals surface area contributed by atoms with Gasteiger partial charge < -0.3 is 10.4 Å². The van der Waals surface area contributed by atoms with Crippen LogP contribution in [0, 0.1) is 17.8 Å². The van der Waals surface area contributed by atoms with E-state index in [1.54, 1.807) is 0 Å². The number of amides is 1. The van der Waals surface area contributed by atoms with Crippen LogP contribution in [0.3, 0.4) is 0 Å². The Kier molecular flexibility index (Phi) is 7.01. The number of ketones is 1. The second-order valence-electron chi connectivity index (χ2n) is 8.65. The number of Topliss-reactive ketones (excluding diaryl/α,β-unsaturated/α-hetero) is 1. The number of carboxylic acids is 1. The monoisotopic (exact) mass is 431 g/mol. The number of carbonyl (C=O) groups is 4. The van der Waals surface area contributed by atoms with Gasteiger partial charge in [-0.05, 0) is 35.8 Å². The third-order valence-corrected chi connectivity index (χ3v) is 7.58. The number of carbonyl (C=O) groups excluding carboxylic acids is 3. The number of hydrogen-bond donors (Lipinski definition) is 2. The third kappa shape index (κ3) is 4.61. The summed E-state index contributed by atoms with van der Waals surface area (Å²) in [6.07, 6.45) is 2.35. The molecule has 1 aromatic rings. The zero-order valence-corrected chi connectivity index (χ0v) is 18.4. The second kappa shape index (κ2) is 9.33. The standard InChI is InChI=1S/C23H29NO5S/c1-12(2)21(30-13(3)25)22(27)24-18-11-14-7-4-5-8-15(14)16-9-6-10-17(23(28)29)19(16)20(18)26/h4-5,7-8,12,16-19,21H,6,9-11H2,1-3H3,(H,24,27)(H,28,29)/t16?,17-,18+,19?,21+/m1/s1. The number of aliphatic carboxylic acids is 1. The lowest BCUT2D eigenvalue weighted by molar-refractivity contribution is -0.149. The summed E-state index contributed by atoms with van der Waals surface area (Å²) in [7, 11) is 0. The highest BCUT2D eigenvalue weighted by Gasteiger charge is 2.47. The number of fused-ring (bicyclic) bond motifs is 3.